The van der Waals surface area contributed by atoms with Crippen molar-refractivity contribution in [1.29, 1.82) is 0 Å². The van der Waals surface area contributed by atoms with Crippen molar-refractivity contribution in [3.05, 3.63) is 29.8 Å². The summed E-state index contributed by atoms with van der Waals surface area (Å²) in [7, 11) is 1.79. The van der Waals surface area contributed by atoms with E-state index in [9.17, 15) is 9.59 Å². The number of carboxylic acids is 1. The first-order valence-electron chi connectivity index (χ1n) is 8.33. The third-order valence-corrected chi connectivity index (χ3v) is 4.09. The van der Waals surface area contributed by atoms with Crippen LogP contribution in [0.5, 0.6) is 5.75 Å². The van der Waals surface area contributed by atoms with Gasteiger partial charge >= 0.3 is 5.97 Å². The first kappa shape index (κ1) is 18.3. The van der Waals surface area contributed by atoms with Crippen LogP contribution in [0.15, 0.2) is 24.3 Å². The molecule has 0 aliphatic carbocycles. The van der Waals surface area contributed by atoms with Crippen molar-refractivity contribution in [3.8, 4) is 5.75 Å². The third-order valence-electron chi connectivity index (χ3n) is 4.09. The van der Waals surface area contributed by atoms with Crippen LogP contribution in [0, 0.1) is 0 Å². The van der Waals surface area contributed by atoms with Gasteiger partial charge in [-0.15, -0.1) is 0 Å². The Morgan fingerprint density at radius 3 is 2.67 bits per heavy atom. The van der Waals surface area contributed by atoms with Gasteiger partial charge in [-0.25, -0.2) is 4.79 Å². The van der Waals surface area contributed by atoms with Gasteiger partial charge in [0.2, 0.25) is 5.91 Å². The molecule has 1 fully saturated rings. The molecule has 0 aromatic heterocycles. The molecule has 1 aromatic carbocycles. The van der Waals surface area contributed by atoms with Crippen LogP contribution in [0.4, 0.5) is 0 Å². The second kappa shape index (κ2) is 9.27. The van der Waals surface area contributed by atoms with Gasteiger partial charge in [0.05, 0.1) is 6.10 Å². The van der Waals surface area contributed by atoms with Gasteiger partial charge in [0.1, 0.15) is 5.75 Å². The summed E-state index contributed by atoms with van der Waals surface area (Å²) in [6.45, 7) is 0.968. The zero-order valence-electron chi connectivity index (χ0n) is 14.1. The number of rotatable bonds is 8. The number of hydrogen-bond donors (Lipinski definition) is 1. The summed E-state index contributed by atoms with van der Waals surface area (Å²) in [4.78, 5) is 24.4. The average molecular weight is 335 g/mol. The Morgan fingerprint density at radius 1 is 1.29 bits per heavy atom. The predicted molar refractivity (Wildman–Crippen MR) is 88.9 cm³/mol. The quantitative estimate of drug-likeness (QED) is 0.790. The van der Waals surface area contributed by atoms with Crippen LogP contribution in [0.1, 0.15) is 37.7 Å². The van der Waals surface area contributed by atoms with Gasteiger partial charge in [0.25, 0.3) is 0 Å². The van der Waals surface area contributed by atoms with Crippen molar-refractivity contribution >= 4 is 11.9 Å². The number of benzene rings is 1. The van der Waals surface area contributed by atoms with Gasteiger partial charge in [-0.2, -0.15) is 0 Å². The Kier molecular flexibility index (Phi) is 7.06. The molecule has 1 aromatic rings. The lowest BCUT2D eigenvalue weighted by molar-refractivity contribution is -0.139. The van der Waals surface area contributed by atoms with Gasteiger partial charge in [-0.3, -0.25) is 4.79 Å². The van der Waals surface area contributed by atoms with E-state index in [4.69, 9.17) is 14.6 Å². The van der Waals surface area contributed by atoms with Gasteiger partial charge in [-0.05, 0) is 43.4 Å². The second-order valence-corrected chi connectivity index (χ2v) is 6.10. The Bertz CT molecular complexity index is 537. The topological polar surface area (TPSA) is 76.1 Å². The highest BCUT2D eigenvalue weighted by atomic mass is 16.5. The minimum Gasteiger partial charge on any atom is -0.482 e. The molecule has 0 radical (unpaired) electrons. The molecule has 2 rings (SSSR count). The monoisotopic (exact) mass is 335 g/mol. The number of carbonyl (C=O) groups excluding carboxylic acids is 1. The van der Waals surface area contributed by atoms with E-state index in [0.29, 0.717) is 18.7 Å². The molecule has 1 heterocycles. The van der Waals surface area contributed by atoms with E-state index >= 15 is 0 Å². The molecule has 1 saturated heterocycles. The molecule has 6 heteroatoms. The zero-order valence-corrected chi connectivity index (χ0v) is 14.1. The van der Waals surface area contributed by atoms with Crippen molar-refractivity contribution in [2.75, 3.05) is 20.3 Å². The fourth-order valence-corrected chi connectivity index (χ4v) is 2.71. The SMILES string of the molecule is CN(Cc1ccc(OCC(=O)O)cc1)C(=O)CCC1CCCCO1. The van der Waals surface area contributed by atoms with E-state index in [1.165, 1.54) is 6.42 Å². The summed E-state index contributed by atoms with van der Waals surface area (Å²) in [5.74, 6) is -0.397. The van der Waals surface area contributed by atoms with Crippen molar-refractivity contribution in [2.45, 2.75) is 44.8 Å². The maximum atomic E-state index is 12.2. The summed E-state index contributed by atoms with van der Waals surface area (Å²) in [6.07, 6.45) is 4.87. The maximum Gasteiger partial charge on any atom is 0.341 e. The summed E-state index contributed by atoms with van der Waals surface area (Å²) >= 11 is 0. The Labute approximate surface area is 142 Å². The molecule has 1 atom stereocenters. The highest BCUT2D eigenvalue weighted by Gasteiger charge is 2.17. The lowest BCUT2D eigenvalue weighted by atomic mass is 10.0. The maximum absolute atomic E-state index is 12.2. The Balaban J connectivity index is 1.74. The van der Waals surface area contributed by atoms with Gasteiger partial charge in [0.15, 0.2) is 6.61 Å². The van der Waals surface area contributed by atoms with Gasteiger partial charge in [0, 0.05) is 26.6 Å². The van der Waals surface area contributed by atoms with E-state index in [-0.39, 0.29) is 18.6 Å². The lowest BCUT2D eigenvalue weighted by Gasteiger charge is -2.23. The minimum absolute atomic E-state index is 0.107. The largest absolute Gasteiger partial charge is 0.482 e. The van der Waals surface area contributed by atoms with E-state index < -0.39 is 5.97 Å². The number of aliphatic carboxylic acids is 1. The van der Waals surface area contributed by atoms with Crippen LogP contribution in [0.25, 0.3) is 0 Å². The summed E-state index contributed by atoms with van der Waals surface area (Å²) in [6, 6.07) is 7.11. The van der Waals surface area contributed by atoms with Crippen LogP contribution in [-0.4, -0.2) is 48.2 Å². The van der Waals surface area contributed by atoms with Gasteiger partial charge < -0.3 is 19.5 Å². The number of amides is 1. The summed E-state index contributed by atoms with van der Waals surface area (Å²) in [5.41, 5.74) is 0.974. The standard InChI is InChI=1S/C18H25NO5/c1-19(17(20)10-9-15-4-2-3-11-23-15)12-14-5-7-16(8-6-14)24-13-18(21)22/h5-8,15H,2-4,9-13H2,1H3,(H,21,22). The van der Waals surface area contributed by atoms with Crippen molar-refractivity contribution in [1.82, 2.24) is 4.90 Å². The lowest BCUT2D eigenvalue weighted by Crippen LogP contribution is -2.28. The van der Waals surface area contributed by atoms with Crippen LogP contribution in [-0.2, 0) is 20.9 Å². The fraction of sp³-hybridized carbons (Fsp3) is 0.556. The number of ether oxygens (including phenoxy) is 2. The van der Waals surface area contributed by atoms with E-state index in [0.717, 1.165) is 31.4 Å². The summed E-state index contributed by atoms with van der Waals surface area (Å²) in [5, 5.41) is 8.58. The molecule has 0 bridgehead atoms. The van der Waals surface area contributed by atoms with E-state index in [1.54, 1.807) is 24.1 Å². The summed E-state index contributed by atoms with van der Waals surface area (Å²) < 4.78 is 10.7. The Hall–Kier alpha value is -2.08. The molecule has 24 heavy (non-hydrogen) atoms. The van der Waals surface area contributed by atoms with E-state index in [2.05, 4.69) is 0 Å². The van der Waals surface area contributed by atoms with Crippen molar-refractivity contribution < 1.29 is 24.2 Å². The van der Waals surface area contributed by atoms with Gasteiger partial charge in [-0.1, -0.05) is 12.1 Å². The third kappa shape index (κ3) is 6.20. The number of hydrogen-bond acceptors (Lipinski definition) is 4. The first-order valence-corrected chi connectivity index (χ1v) is 8.33. The normalized spacial score (nSPS) is 17.3. The molecule has 1 unspecified atom stereocenters. The number of carbonyl (C=O) groups is 2. The second-order valence-electron chi connectivity index (χ2n) is 6.10. The fourth-order valence-electron chi connectivity index (χ4n) is 2.71. The van der Waals surface area contributed by atoms with E-state index in [1.807, 2.05) is 12.1 Å². The van der Waals surface area contributed by atoms with Crippen LogP contribution in [0.2, 0.25) is 0 Å². The van der Waals surface area contributed by atoms with Crippen LogP contribution in [0.3, 0.4) is 0 Å². The number of nitrogens with zero attached hydrogens (tertiary/aromatic N) is 1. The molecule has 0 saturated carbocycles. The van der Waals surface area contributed by atoms with Crippen molar-refractivity contribution in [3.63, 3.8) is 0 Å². The molecule has 132 valence electrons. The molecule has 1 N–H and O–H groups in total. The average Bonchev–Trinajstić information content (AvgIpc) is 2.59. The minimum atomic E-state index is -1.01. The van der Waals surface area contributed by atoms with Crippen molar-refractivity contribution in [2.24, 2.45) is 0 Å². The first-order chi connectivity index (χ1) is 11.5. The number of carboxylic acid groups (broad SMARTS) is 1. The smallest absolute Gasteiger partial charge is 0.341 e. The zero-order chi connectivity index (χ0) is 17.4. The predicted octanol–water partition coefficient (Wildman–Crippen LogP) is 2.46. The molecule has 1 aliphatic heterocycles. The molecule has 1 amide bonds. The molecule has 6 nitrogen and oxygen atoms in total. The highest BCUT2D eigenvalue weighted by molar-refractivity contribution is 5.75. The molecule has 0 spiro atoms. The Morgan fingerprint density at radius 2 is 2.04 bits per heavy atom. The van der Waals surface area contributed by atoms with Crippen LogP contribution < -0.4 is 4.74 Å². The van der Waals surface area contributed by atoms with Crippen LogP contribution >= 0.6 is 0 Å². The molecular weight excluding hydrogens is 310 g/mol. The highest BCUT2D eigenvalue weighted by Crippen LogP contribution is 2.18. The molecular formula is C18H25NO5. The molecule has 1 aliphatic rings.